The van der Waals surface area contributed by atoms with Crippen LogP contribution in [-0.4, -0.2) is 33.0 Å². The van der Waals surface area contributed by atoms with Crippen molar-refractivity contribution in [2.45, 2.75) is 64.4 Å². The van der Waals surface area contributed by atoms with Gasteiger partial charge < -0.3 is 9.84 Å². The van der Waals surface area contributed by atoms with Gasteiger partial charge in [0, 0.05) is 29.6 Å². The van der Waals surface area contributed by atoms with Crippen LogP contribution in [0.5, 0.6) is 0 Å². The molecule has 1 aliphatic rings. The minimum absolute atomic E-state index is 0.280. The number of aliphatic hydroxyl groups is 1. The van der Waals surface area contributed by atoms with Gasteiger partial charge >= 0.3 is 5.69 Å². The Balaban J connectivity index is 2.36. The molecule has 9 nitrogen and oxygen atoms in total. The molecule has 0 saturated carbocycles. The number of ether oxygens (including phenoxy) is 1. The van der Waals surface area contributed by atoms with Crippen LogP contribution in [0.25, 0.3) is 10.4 Å². The molecule has 2 rings (SSSR count). The fraction of sp³-hybridized carbons (Fsp3) is 0.733. The number of nitrogens with zero attached hydrogens (tertiary/aromatic N) is 5. The van der Waals surface area contributed by atoms with E-state index in [1.54, 1.807) is 6.92 Å². The fourth-order valence-corrected chi connectivity index (χ4v) is 2.92. The fourth-order valence-electron chi connectivity index (χ4n) is 2.92. The first-order valence-corrected chi connectivity index (χ1v) is 8.16. The molecule has 1 N–H and O–H groups in total. The van der Waals surface area contributed by atoms with E-state index in [0.717, 1.165) is 19.3 Å². The van der Waals surface area contributed by atoms with Crippen LogP contribution >= 0.6 is 0 Å². The molecule has 9 heteroatoms. The number of unbranched alkanes of at least 4 members (excludes halogenated alkanes) is 2. The summed E-state index contributed by atoms with van der Waals surface area (Å²) in [6.45, 7) is 3.76. The summed E-state index contributed by atoms with van der Waals surface area (Å²) < 4.78 is 8.24. The van der Waals surface area contributed by atoms with Crippen LogP contribution < -0.4 is 11.2 Å². The van der Waals surface area contributed by atoms with Crippen LogP contribution in [0.1, 0.15) is 44.4 Å². The molecular weight excluding hydrogens is 314 g/mol. The van der Waals surface area contributed by atoms with E-state index >= 15 is 0 Å². The van der Waals surface area contributed by atoms with E-state index in [1.807, 2.05) is 0 Å². The van der Waals surface area contributed by atoms with Gasteiger partial charge in [-0.05, 0) is 18.9 Å². The normalized spacial score (nSPS) is 23.2. The number of rotatable bonds is 7. The third-order valence-corrected chi connectivity index (χ3v) is 4.25. The zero-order valence-electron chi connectivity index (χ0n) is 14.0. The maximum atomic E-state index is 12.7. The van der Waals surface area contributed by atoms with Crippen LogP contribution in [0.2, 0.25) is 0 Å². The average molecular weight is 337 g/mol. The van der Waals surface area contributed by atoms with Crippen molar-refractivity contribution < 1.29 is 9.84 Å². The Kier molecular flexibility index (Phi) is 6.19. The van der Waals surface area contributed by atoms with E-state index in [9.17, 15) is 14.7 Å². The van der Waals surface area contributed by atoms with Crippen molar-refractivity contribution in [3.05, 3.63) is 43.0 Å². The molecule has 2 heterocycles. The van der Waals surface area contributed by atoms with E-state index < -0.39 is 24.1 Å². The number of azide groups is 1. The molecule has 0 bridgehead atoms. The molecule has 1 fully saturated rings. The lowest BCUT2D eigenvalue weighted by molar-refractivity contribution is -0.0277. The number of aromatic nitrogens is 2. The Labute approximate surface area is 139 Å². The second-order valence-electron chi connectivity index (χ2n) is 5.99. The van der Waals surface area contributed by atoms with Gasteiger partial charge in [0.1, 0.15) is 6.23 Å². The highest BCUT2D eigenvalue weighted by Crippen LogP contribution is 2.29. The molecule has 0 aromatic carbocycles. The standard InChI is InChI=1S/C15H23N5O4/c1-3-4-5-6-19-14(22)10(2)8-20(15(19)23)13-7-11(17-18-16)12(9-21)24-13/h8,11-13,21H,3-7,9H2,1-2H3. The van der Waals surface area contributed by atoms with Crippen molar-refractivity contribution in [3.8, 4) is 0 Å². The Morgan fingerprint density at radius 1 is 1.46 bits per heavy atom. The summed E-state index contributed by atoms with van der Waals surface area (Å²) in [4.78, 5) is 27.7. The minimum atomic E-state index is -0.665. The summed E-state index contributed by atoms with van der Waals surface area (Å²) in [5.41, 5.74) is 8.31. The van der Waals surface area contributed by atoms with Crippen LogP contribution in [-0.2, 0) is 11.3 Å². The number of hydrogen-bond donors (Lipinski definition) is 1. The monoisotopic (exact) mass is 337 g/mol. The van der Waals surface area contributed by atoms with Gasteiger partial charge in [-0.1, -0.05) is 24.9 Å². The summed E-state index contributed by atoms with van der Waals surface area (Å²) in [5.74, 6) is 0. The van der Waals surface area contributed by atoms with Gasteiger partial charge in [-0.3, -0.25) is 13.9 Å². The Morgan fingerprint density at radius 2 is 2.21 bits per heavy atom. The van der Waals surface area contributed by atoms with Crippen molar-refractivity contribution in [3.63, 3.8) is 0 Å². The first kappa shape index (κ1) is 18.3. The van der Waals surface area contributed by atoms with Crippen LogP contribution in [0.15, 0.2) is 20.9 Å². The summed E-state index contributed by atoms with van der Waals surface area (Å²) in [7, 11) is 0. The number of aryl methyl sites for hydroxylation is 1. The molecule has 1 aliphatic heterocycles. The lowest BCUT2D eigenvalue weighted by Crippen LogP contribution is -2.42. The first-order valence-electron chi connectivity index (χ1n) is 8.16. The predicted octanol–water partition coefficient (Wildman–Crippen LogP) is 1.47. The summed E-state index contributed by atoms with van der Waals surface area (Å²) >= 11 is 0. The van der Waals surface area contributed by atoms with E-state index in [-0.39, 0.29) is 18.6 Å². The van der Waals surface area contributed by atoms with Gasteiger partial charge in [0.2, 0.25) is 0 Å². The molecule has 0 aliphatic carbocycles. The largest absolute Gasteiger partial charge is 0.394 e. The lowest BCUT2D eigenvalue weighted by atomic mass is 10.1. The SMILES string of the molecule is CCCCCn1c(=O)c(C)cn(C2CC(N=[N+]=[N-])C(CO)O2)c1=O. The lowest BCUT2D eigenvalue weighted by Gasteiger charge is -2.17. The zero-order valence-corrected chi connectivity index (χ0v) is 14.0. The van der Waals surface area contributed by atoms with Gasteiger partial charge in [-0.2, -0.15) is 0 Å². The molecule has 3 atom stereocenters. The second-order valence-corrected chi connectivity index (χ2v) is 5.99. The maximum absolute atomic E-state index is 12.7. The average Bonchev–Trinajstić information content (AvgIpc) is 2.97. The molecule has 1 saturated heterocycles. The Hall–Kier alpha value is -2.09. The first-order chi connectivity index (χ1) is 11.5. The van der Waals surface area contributed by atoms with Crippen LogP contribution in [0.3, 0.4) is 0 Å². The second kappa shape index (κ2) is 8.14. The van der Waals surface area contributed by atoms with E-state index in [0.29, 0.717) is 12.1 Å². The summed E-state index contributed by atoms with van der Waals surface area (Å²) in [6.07, 6.45) is 3.11. The van der Waals surface area contributed by atoms with E-state index in [2.05, 4.69) is 16.9 Å². The third-order valence-electron chi connectivity index (χ3n) is 4.25. The Bertz CT molecular complexity index is 734. The number of hydrogen-bond acceptors (Lipinski definition) is 5. The summed E-state index contributed by atoms with van der Waals surface area (Å²) in [5, 5.41) is 13.0. The molecule has 24 heavy (non-hydrogen) atoms. The van der Waals surface area contributed by atoms with Crippen molar-refractivity contribution in [2.24, 2.45) is 5.11 Å². The molecule has 132 valence electrons. The van der Waals surface area contributed by atoms with Gasteiger partial charge in [-0.15, -0.1) is 0 Å². The molecule has 3 unspecified atom stereocenters. The summed E-state index contributed by atoms with van der Waals surface area (Å²) in [6, 6.07) is -0.544. The topological polar surface area (TPSA) is 122 Å². The number of aliphatic hydroxyl groups excluding tert-OH is 1. The molecule has 0 radical (unpaired) electrons. The van der Waals surface area contributed by atoms with Crippen molar-refractivity contribution in [1.29, 1.82) is 0 Å². The predicted molar refractivity (Wildman–Crippen MR) is 87.8 cm³/mol. The van der Waals surface area contributed by atoms with Crippen molar-refractivity contribution >= 4 is 0 Å². The highest BCUT2D eigenvalue weighted by molar-refractivity contribution is 5.04. The van der Waals surface area contributed by atoms with Gasteiger partial charge in [0.05, 0.1) is 18.8 Å². The third kappa shape index (κ3) is 3.69. The molecule has 0 amide bonds. The molecule has 1 aromatic rings. The maximum Gasteiger partial charge on any atom is 0.333 e. The van der Waals surface area contributed by atoms with Crippen molar-refractivity contribution in [1.82, 2.24) is 9.13 Å². The van der Waals surface area contributed by atoms with E-state index in [4.69, 9.17) is 10.3 Å². The van der Waals surface area contributed by atoms with Gasteiger partial charge in [0.15, 0.2) is 0 Å². The van der Waals surface area contributed by atoms with Gasteiger partial charge in [-0.25, -0.2) is 4.79 Å². The highest BCUT2D eigenvalue weighted by atomic mass is 16.5. The van der Waals surface area contributed by atoms with Crippen molar-refractivity contribution in [2.75, 3.05) is 6.61 Å². The minimum Gasteiger partial charge on any atom is -0.394 e. The molecule has 0 spiro atoms. The van der Waals surface area contributed by atoms with E-state index in [1.165, 1.54) is 15.3 Å². The Morgan fingerprint density at radius 3 is 2.83 bits per heavy atom. The molecular formula is C15H23N5O4. The zero-order chi connectivity index (χ0) is 17.7. The molecule has 1 aromatic heterocycles. The smallest absolute Gasteiger partial charge is 0.333 e. The van der Waals surface area contributed by atoms with Crippen LogP contribution in [0.4, 0.5) is 0 Å². The van der Waals surface area contributed by atoms with Crippen LogP contribution in [0, 0.1) is 6.92 Å². The van der Waals surface area contributed by atoms with Gasteiger partial charge in [0.25, 0.3) is 5.56 Å². The quantitative estimate of drug-likeness (QED) is 0.350. The highest BCUT2D eigenvalue weighted by Gasteiger charge is 2.36.